The number of aryl methyl sites for hydroxylation is 2. The Morgan fingerprint density at radius 2 is 1.46 bits per heavy atom. The van der Waals surface area contributed by atoms with Crippen molar-refractivity contribution < 1.29 is 19.4 Å². The van der Waals surface area contributed by atoms with Gasteiger partial charge in [-0.15, -0.1) is 0 Å². The Hall–Kier alpha value is -4.38. The zero-order valence-corrected chi connectivity index (χ0v) is 20.9. The van der Waals surface area contributed by atoms with Crippen LogP contribution in [-0.4, -0.2) is 29.8 Å². The highest BCUT2D eigenvalue weighted by Gasteiger charge is 2.29. The van der Waals surface area contributed by atoms with E-state index in [4.69, 9.17) is 4.74 Å². The molecule has 4 aromatic carbocycles. The molecule has 0 saturated heterocycles. The molecule has 186 valence electrons. The van der Waals surface area contributed by atoms with Crippen molar-refractivity contribution in [1.29, 1.82) is 0 Å². The maximum Gasteiger partial charge on any atom is 0.407 e. The first-order valence-corrected chi connectivity index (χ1v) is 12.4. The normalized spacial score (nSPS) is 12.9. The molecule has 4 aromatic rings. The number of hydrogen-bond donors (Lipinski definition) is 2. The van der Waals surface area contributed by atoms with E-state index in [0.717, 1.165) is 38.9 Å². The second kappa shape index (κ2) is 10.3. The third kappa shape index (κ3) is 5.12. The fraction of sp³-hybridized carbons (Fsp3) is 0.188. The zero-order valence-electron chi connectivity index (χ0n) is 20.9. The minimum absolute atomic E-state index is 0.0841. The topological polar surface area (TPSA) is 75.6 Å². The highest BCUT2D eigenvalue weighted by Crippen LogP contribution is 2.44. The molecule has 37 heavy (non-hydrogen) atoms. The smallest absolute Gasteiger partial charge is 0.407 e. The van der Waals surface area contributed by atoms with Gasteiger partial charge in [-0.05, 0) is 58.4 Å². The second-order valence-corrected chi connectivity index (χ2v) is 9.58. The number of amides is 1. The molecule has 0 heterocycles. The van der Waals surface area contributed by atoms with E-state index in [-0.39, 0.29) is 18.9 Å². The van der Waals surface area contributed by atoms with Crippen LogP contribution in [0.25, 0.3) is 22.3 Å². The Labute approximate surface area is 216 Å². The predicted octanol–water partition coefficient (Wildman–Crippen LogP) is 6.50. The molecule has 0 fully saturated rings. The Bertz CT molecular complexity index is 1410. The quantitative estimate of drug-likeness (QED) is 0.309. The van der Waals surface area contributed by atoms with Gasteiger partial charge in [0.05, 0.1) is 0 Å². The van der Waals surface area contributed by atoms with E-state index in [1.54, 1.807) is 0 Å². The van der Waals surface area contributed by atoms with Crippen molar-refractivity contribution in [3.05, 3.63) is 119 Å². The number of carbonyl (C=O) groups is 2. The summed E-state index contributed by atoms with van der Waals surface area (Å²) in [5.74, 6) is -1.19. The SMILES string of the molecule is Cc1ccc(-c2ccc(C[C@H](NC(=O)OCC3c4ccccc4-c4ccccc43)C(=O)O)cc2)c(C)c1. The number of benzene rings is 4. The van der Waals surface area contributed by atoms with Gasteiger partial charge in [-0.2, -0.15) is 0 Å². The van der Waals surface area contributed by atoms with E-state index >= 15 is 0 Å². The first-order valence-electron chi connectivity index (χ1n) is 12.4. The van der Waals surface area contributed by atoms with Crippen molar-refractivity contribution >= 4 is 12.1 Å². The minimum Gasteiger partial charge on any atom is -0.480 e. The summed E-state index contributed by atoms with van der Waals surface area (Å²) < 4.78 is 5.54. The summed E-state index contributed by atoms with van der Waals surface area (Å²) in [6, 6.07) is 29.2. The van der Waals surface area contributed by atoms with Crippen LogP contribution in [0.5, 0.6) is 0 Å². The molecule has 1 aliphatic rings. The molecule has 0 aliphatic heterocycles. The molecule has 1 aliphatic carbocycles. The van der Waals surface area contributed by atoms with E-state index in [0.29, 0.717) is 0 Å². The van der Waals surface area contributed by atoms with Crippen molar-refractivity contribution in [1.82, 2.24) is 5.32 Å². The summed E-state index contributed by atoms with van der Waals surface area (Å²) in [6.07, 6.45) is -0.576. The highest BCUT2D eigenvalue weighted by molar-refractivity contribution is 5.81. The molecule has 5 rings (SSSR count). The lowest BCUT2D eigenvalue weighted by Crippen LogP contribution is -2.42. The van der Waals surface area contributed by atoms with Crippen LogP contribution in [0, 0.1) is 13.8 Å². The summed E-state index contributed by atoms with van der Waals surface area (Å²) in [4.78, 5) is 24.6. The zero-order chi connectivity index (χ0) is 25.9. The van der Waals surface area contributed by atoms with Crippen molar-refractivity contribution in [2.45, 2.75) is 32.2 Å². The minimum atomic E-state index is -1.10. The van der Waals surface area contributed by atoms with Gasteiger partial charge >= 0.3 is 12.1 Å². The lowest BCUT2D eigenvalue weighted by atomic mass is 9.96. The Balaban J connectivity index is 1.23. The number of fused-ring (bicyclic) bond motifs is 3. The average Bonchev–Trinajstić information content (AvgIpc) is 3.21. The molecule has 2 N–H and O–H groups in total. The molecular weight excluding hydrogens is 462 g/mol. The summed E-state index contributed by atoms with van der Waals surface area (Å²) in [7, 11) is 0. The number of carboxylic acid groups (broad SMARTS) is 1. The third-order valence-electron chi connectivity index (χ3n) is 7.02. The lowest BCUT2D eigenvalue weighted by Gasteiger charge is -2.18. The first kappa shape index (κ1) is 24.3. The number of rotatable bonds is 7. The van der Waals surface area contributed by atoms with Crippen LogP contribution in [0.1, 0.15) is 33.7 Å². The van der Waals surface area contributed by atoms with Crippen molar-refractivity contribution in [3.8, 4) is 22.3 Å². The molecule has 0 spiro atoms. The van der Waals surface area contributed by atoms with Gasteiger partial charge in [0.15, 0.2) is 0 Å². The predicted molar refractivity (Wildman–Crippen MR) is 145 cm³/mol. The van der Waals surface area contributed by atoms with Gasteiger partial charge < -0.3 is 15.2 Å². The van der Waals surface area contributed by atoms with Gasteiger partial charge in [-0.3, -0.25) is 0 Å². The van der Waals surface area contributed by atoms with Crippen LogP contribution in [0.15, 0.2) is 91.0 Å². The van der Waals surface area contributed by atoms with Crippen LogP contribution in [-0.2, 0) is 16.0 Å². The number of carbonyl (C=O) groups excluding carboxylic acids is 1. The molecule has 5 nitrogen and oxygen atoms in total. The fourth-order valence-corrected chi connectivity index (χ4v) is 5.18. The summed E-state index contributed by atoms with van der Waals surface area (Å²) in [6.45, 7) is 4.28. The van der Waals surface area contributed by atoms with E-state index in [2.05, 4.69) is 49.5 Å². The number of carboxylic acids is 1. The standard InChI is InChI=1S/C32H29NO4/c1-20-11-16-24(21(2)17-20)23-14-12-22(13-15-23)18-30(31(34)35)33-32(36)37-19-29-27-9-5-3-7-25(27)26-8-4-6-10-28(26)29/h3-17,29-30H,18-19H2,1-2H3,(H,33,36)(H,34,35)/t30-/m0/s1. The Morgan fingerprint density at radius 3 is 2.05 bits per heavy atom. The Kier molecular flexibility index (Phi) is 6.78. The molecule has 5 heteroatoms. The largest absolute Gasteiger partial charge is 0.480 e. The van der Waals surface area contributed by atoms with Gasteiger partial charge in [-0.25, -0.2) is 9.59 Å². The van der Waals surface area contributed by atoms with Gasteiger partial charge in [-0.1, -0.05) is 96.6 Å². The molecule has 0 radical (unpaired) electrons. The van der Waals surface area contributed by atoms with E-state index in [9.17, 15) is 14.7 Å². The molecule has 0 aromatic heterocycles. The number of aliphatic carboxylic acids is 1. The van der Waals surface area contributed by atoms with Crippen LogP contribution in [0.3, 0.4) is 0 Å². The Morgan fingerprint density at radius 1 is 0.838 bits per heavy atom. The van der Waals surface area contributed by atoms with Crippen molar-refractivity contribution in [2.24, 2.45) is 0 Å². The van der Waals surface area contributed by atoms with Gasteiger partial charge in [0.25, 0.3) is 0 Å². The summed E-state index contributed by atoms with van der Waals surface area (Å²) in [5.41, 5.74) is 9.92. The van der Waals surface area contributed by atoms with Crippen molar-refractivity contribution in [3.63, 3.8) is 0 Å². The number of hydrogen-bond acceptors (Lipinski definition) is 3. The van der Waals surface area contributed by atoms with Crippen LogP contribution >= 0.6 is 0 Å². The van der Waals surface area contributed by atoms with Crippen LogP contribution in [0.2, 0.25) is 0 Å². The maximum atomic E-state index is 12.6. The van der Waals surface area contributed by atoms with E-state index in [1.165, 1.54) is 11.1 Å². The van der Waals surface area contributed by atoms with Crippen LogP contribution in [0.4, 0.5) is 4.79 Å². The number of ether oxygens (including phenoxy) is 1. The third-order valence-corrected chi connectivity index (χ3v) is 7.02. The highest BCUT2D eigenvalue weighted by atomic mass is 16.5. The summed E-state index contributed by atoms with van der Waals surface area (Å²) in [5, 5.41) is 12.3. The van der Waals surface area contributed by atoms with Crippen LogP contribution < -0.4 is 5.32 Å². The summed E-state index contributed by atoms with van der Waals surface area (Å²) >= 11 is 0. The van der Waals surface area contributed by atoms with Gasteiger partial charge in [0, 0.05) is 12.3 Å². The molecule has 0 unspecified atom stereocenters. The molecule has 0 bridgehead atoms. The fourth-order valence-electron chi connectivity index (χ4n) is 5.18. The van der Waals surface area contributed by atoms with Gasteiger partial charge in [0.1, 0.15) is 12.6 Å². The molecule has 0 saturated carbocycles. The molecule has 1 amide bonds. The molecule has 1 atom stereocenters. The van der Waals surface area contributed by atoms with Gasteiger partial charge in [0.2, 0.25) is 0 Å². The number of alkyl carbamates (subject to hydrolysis) is 1. The maximum absolute atomic E-state index is 12.6. The first-order chi connectivity index (χ1) is 17.9. The monoisotopic (exact) mass is 491 g/mol. The van der Waals surface area contributed by atoms with Crippen molar-refractivity contribution in [2.75, 3.05) is 6.61 Å². The number of nitrogens with one attached hydrogen (secondary N) is 1. The molecular formula is C32H29NO4. The lowest BCUT2D eigenvalue weighted by molar-refractivity contribution is -0.139. The van der Waals surface area contributed by atoms with E-state index in [1.807, 2.05) is 60.7 Å². The second-order valence-electron chi connectivity index (χ2n) is 9.58. The average molecular weight is 492 g/mol. The van der Waals surface area contributed by atoms with E-state index < -0.39 is 18.1 Å².